The minimum absolute atomic E-state index is 0.0521. The molecule has 1 aliphatic heterocycles. The van der Waals surface area contributed by atoms with Gasteiger partial charge in [-0.1, -0.05) is 36.4 Å². The molecule has 134 valence electrons. The Kier molecular flexibility index (Phi) is 4.74. The molecule has 2 aromatic carbocycles. The molecule has 0 N–H and O–H groups in total. The second-order valence-corrected chi connectivity index (χ2v) is 7.17. The topological polar surface area (TPSA) is 40.6 Å². The Morgan fingerprint density at radius 1 is 0.808 bits per heavy atom. The van der Waals surface area contributed by atoms with Gasteiger partial charge in [-0.05, 0) is 48.1 Å². The van der Waals surface area contributed by atoms with Crippen LogP contribution in [-0.4, -0.2) is 47.8 Å². The molecular weight excluding hydrogens is 324 g/mol. The van der Waals surface area contributed by atoms with Crippen LogP contribution in [0.1, 0.15) is 33.5 Å². The lowest BCUT2D eigenvalue weighted by molar-refractivity contribution is -0.131. The number of fused-ring (bicyclic) bond motifs is 1. The fourth-order valence-corrected chi connectivity index (χ4v) is 3.94. The van der Waals surface area contributed by atoms with E-state index in [-0.39, 0.29) is 11.8 Å². The van der Waals surface area contributed by atoms with Gasteiger partial charge in [-0.2, -0.15) is 0 Å². The first-order valence-corrected chi connectivity index (χ1v) is 9.43. The first-order valence-electron chi connectivity index (χ1n) is 9.43. The van der Waals surface area contributed by atoms with Crippen molar-refractivity contribution in [2.24, 2.45) is 0 Å². The lowest BCUT2D eigenvalue weighted by Crippen LogP contribution is -2.51. The molecule has 2 aliphatic rings. The summed E-state index contributed by atoms with van der Waals surface area (Å²) >= 11 is 0. The molecule has 0 aromatic heterocycles. The third-order valence-corrected chi connectivity index (χ3v) is 5.46. The van der Waals surface area contributed by atoms with Crippen molar-refractivity contribution in [3.8, 4) is 0 Å². The van der Waals surface area contributed by atoms with Gasteiger partial charge in [0.25, 0.3) is 5.91 Å². The fourth-order valence-electron chi connectivity index (χ4n) is 3.94. The summed E-state index contributed by atoms with van der Waals surface area (Å²) in [4.78, 5) is 28.9. The maximum absolute atomic E-state index is 12.6. The Balaban J connectivity index is 1.33. The van der Waals surface area contributed by atoms with E-state index in [0.29, 0.717) is 38.2 Å². The summed E-state index contributed by atoms with van der Waals surface area (Å²) in [5, 5.41) is 0. The Morgan fingerprint density at radius 3 is 2.27 bits per heavy atom. The van der Waals surface area contributed by atoms with Crippen LogP contribution in [0.25, 0.3) is 0 Å². The van der Waals surface area contributed by atoms with Crippen LogP contribution in [0.3, 0.4) is 0 Å². The summed E-state index contributed by atoms with van der Waals surface area (Å²) in [5.74, 6) is 0.214. The van der Waals surface area contributed by atoms with Crippen molar-refractivity contribution in [2.45, 2.75) is 25.7 Å². The third kappa shape index (κ3) is 3.50. The van der Waals surface area contributed by atoms with Crippen molar-refractivity contribution in [2.75, 3.05) is 26.2 Å². The van der Waals surface area contributed by atoms with Gasteiger partial charge in [0.2, 0.25) is 5.91 Å². The number of piperazine rings is 1. The smallest absolute Gasteiger partial charge is 0.253 e. The van der Waals surface area contributed by atoms with Gasteiger partial charge in [-0.15, -0.1) is 0 Å². The maximum atomic E-state index is 12.6. The van der Waals surface area contributed by atoms with E-state index >= 15 is 0 Å². The zero-order valence-corrected chi connectivity index (χ0v) is 15.0. The highest BCUT2D eigenvalue weighted by molar-refractivity contribution is 5.94. The number of nitrogens with zero attached hydrogens (tertiary/aromatic N) is 2. The largest absolute Gasteiger partial charge is 0.339 e. The average Bonchev–Trinajstić information content (AvgIpc) is 3.16. The molecule has 4 rings (SSSR count). The van der Waals surface area contributed by atoms with E-state index in [1.54, 1.807) is 0 Å². The molecule has 0 radical (unpaired) electrons. The monoisotopic (exact) mass is 348 g/mol. The van der Waals surface area contributed by atoms with Crippen LogP contribution in [0, 0.1) is 0 Å². The minimum Gasteiger partial charge on any atom is -0.339 e. The summed E-state index contributed by atoms with van der Waals surface area (Å²) in [5.41, 5.74) is 4.67. The van der Waals surface area contributed by atoms with Crippen LogP contribution in [0.5, 0.6) is 0 Å². The van der Waals surface area contributed by atoms with Gasteiger partial charge in [0, 0.05) is 31.7 Å². The summed E-state index contributed by atoms with van der Waals surface area (Å²) < 4.78 is 0. The van der Waals surface area contributed by atoms with Crippen molar-refractivity contribution in [3.63, 3.8) is 0 Å². The number of carbonyl (C=O) groups is 2. The van der Waals surface area contributed by atoms with Gasteiger partial charge in [0.1, 0.15) is 0 Å². The van der Waals surface area contributed by atoms with E-state index in [2.05, 4.69) is 18.2 Å². The Morgan fingerprint density at radius 2 is 1.50 bits per heavy atom. The number of rotatable bonds is 3. The summed E-state index contributed by atoms with van der Waals surface area (Å²) in [6.45, 7) is 2.43. The zero-order valence-electron chi connectivity index (χ0n) is 15.0. The number of carbonyl (C=O) groups excluding carboxylic acids is 2. The van der Waals surface area contributed by atoms with Crippen LogP contribution in [0.4, 0.5) is 0 Å². The fraction of sp³-hybridized carbons (Fsp3) is 0.364. The van der Waals surface area contributed by atoms with Gasteiger partial charge in [-0.3, -0.25) is 9.59 Å². The van der Waals surface area contributed by atoms with Gasteiger partial charge in [0.15, 0.2) is 0 Å². The highest BCUT2D eigenvalue weighted by Crippen LogP contribution is 2.23. The van der Waals surface area contributed by atoms with Gasteiger partial charge in [-0.25, -0.2) is 0 Å². The lowest BCUT2D eigenvalue weighted by Gasteiger charge is -2.35. The molecule has 1 saturated heterocycles. The number of benzene rings is 2. The van der Waals surface area contributed by atoms with Crippen molar-refractivity contribution in [1.29, 1.82) is 0 Å². The van der Waals surface area contributed by atoms with E-state index in [0.717, 1.165) is 12.0 Å². The van der Waals surface area contributed by atoms with E-state index in [1.807, 2.05) is 40.1 Å². The van der Waals surface area contributed by atoms with Crippen LogP contribution in [0.15, 0.2) is 48.5 Å². The molecule has 2 amide bonds. The molecule has 0 unspecified atom stereocenters. The number of hydrogen-bond acceptors (Lipinski definition) is 2. The first-order chi connectivity index (χ1) is 12.7. The number of aryl methyl sites for hydroxylation is 2. The molecule has 0 saturated carbocycles. The Labute approximate surface area is 154 Å². The van der Waals surface area contributed by atoms with Crippen LogP contribution < -0.4 is 0 Å². The molecular formula is C22H24N2O2. The maximum Gasteiger partial charge on any atom is 0.253 e. The first kappa shape index (κ1) is 16.8. The predicted octanol–water partition coefficient (Wildman–Crippen LogP) is 2.70. The van der Waals surface area contributed by atoms with Gasteiger partial charge < -0.3 is 9.80 Å². The molecule has 26 heavy (non-hydrogen) atoms. The van der Waals surface area contributed by atoms with E-state index in [1.165, 1.54) is 24.0 Å². The normalized spacial score (nSPS) is 16.5. The average molecular weight is 348 g/mol. The molecule has 1 heterocycles. The molecule has 0 atom stereocenters. The second-order valence-electron chi connectivity index (χ2n) is 7.17. The molecule has 1 aliphatic carbocycles. The standard InChI is InChI=1S/C22H24N2O2/c25-21(16-17-9-10-18-7-4-8-20(18)15-17)23-11-13-24(14-12-23)22(26)19-5-2-1-3-6-19/h1-3,5-6,9-10,15H,4,7-8,11-14,16H2. The van der Waals surface area contributed by atoms with Crippen molar-refractivity contribution in [1.82, 2.24) is 9.80 Å². The molecule has 2 aromatic rings. The lowest BCUT2D eigenvalue weighted by atomic mass is 10.0. The Hall–Kier alpha value is -2.62. The van der Waals surface area contributed by atoms with E-state index in [4.69, 9.17) is 0 Å². The van der Waals surface area contributed by atoms with Crippen molar-refractivity contribution in [3.05, 3.63) is 70.8 Å². The number of amides is 2. The predicted molar refractivity (Wildman–Crippen MR) is 101 cm³/mol. The summed E-state index contributed by atoms with van der Waals surface area (Å²) in [6, 6.07) is 15.8. The van der Waals surface area contributed by atoms with Crippen LogP contribution in [-0.2, 0) is 24.1 Å². The quantitative estimate of drug-likeness (QED) is 0.856. The van der Waals surface area contributed by atoms with Crippen molar-refractivity contribution >= 4 is 11.8 Å². The third-order valence-electron chi connectivity index (χ3n) is 5.46. The van der Waals surface area contributed by atoms with E-state index in [9.17, 15) is 9.59 Å². The second kappa shape index (κ2) is 7.32. The zero-order chi connectivity index (χ0) is 17.9. The number of hydrogen-bond donors (Lipinski definition) is 0. The van der Waals surface area contributed by atoms with Gasteiger partial charge in [0.05, 0.1) is 6.42 Å². The highest BCUT2D eigenvalue weighted by atomic mass is 16.2. The molecule has 0 spiro atoms. The molecule has 0 bridgehead atoms. The SMILES string of the molecule is O=C(Cc1ccc2c(c1)CCC2)N1CCN(C(=O)c2ccccc2)CC1. The molecule has 4 nitrogen and oxygen atoms in total. The molecule has 1 fully saturated rings. The van der Waals surface area contributed by atoms with Crippen molar-refractivity contribution < 1.29 is 9.59 Å². The van der Waals surface area contributed by atoms with Crippen LogP contribution in [0.2, 0.25) is 0 Å². The minimum atomic E-state index is 0.0521. The Bertz CT molecular complexity index is 808. The van der Waals surface area contributed by atoms with E-state index < -0.39 is 0 Å². The molecule has 4 heteroatoms. The summed E-state index contributed by atoms with van der Waals surface area (Å²) in [6.07, 6.45) is 3.99. The van der Waals surface area contributed by atoms with Gasteiger partial charge >= 0.3 is 0 Å². The van der Waals surface area contributed by atoms with Crippen LogP contribution >= 0.6 is 0 Å². The summed E-state index contributed by atoms with van der Waals surface area (Å²) in [7, 11) is 0. The highest BCUT2D eigenvalue weighted by Gasteiger charge is 2.25.